The van der Waals surface area contributed by atoms with E-state index in [-0.39, 0.29) is 5.91 Å². The van der Waals surface area contributed by atoms with Gasteiger partial charge in [0.2, 0.25) is 5.91 Å². The molecule has 1 heterocycles. The second-order valence-corrected chi connectivity index (χ2v) is 4.84. The number of carboxylic acids is 1. The number of hydrogen-bond donors (Lipinski definition) is 2. The van der Waals surface area contributed by atoms with Gasteiger partial charge >= 0.3 is 5.97 Å². The van der Waals surface area contributed by atoms with Crippen LogP contribution in [0.2, 0.25) is 0 Å². The highest BCUT2D eigenvalue weighted by molar-refractivity contribution is 5.99. The summed E-state index contributed by atoms with van der Waals surface area (Å²) in [5.41, 5.74) is 0.167. The molecule has 1 saturated carbocycles. The first-order chi connectivity index (χ1) is 7.94. The summed E-state index contributed by atoms with van der Waals surface area (Å²) in [5, 5.41) is 11.7. The quantitative estimate of drug-likeness (QED) is 0.828. The van der Waals surface area contributed by atoms with Gasteiger partial charge in [0.15, 0.2) is 0 Å². The van der Waals surface area contributed by atoms with E-state index in [4.69, 9.17) is 5.11 Å². The Labute approximate surface area is 98.9 Å². The van der Waals surface area contributed by atoms with Crippen molar-refractivity contribution in [3.8, 4) is 0 Å². The Kier molecular flexibility index (Phi) is 2.61. The Morgan fingerprint density at radius 2 is 1.88 bits per heavy atom. The number of carbonyl (C=O) groups excluding carboxylic acids is 1. The number of nitrogens with zero attached hydrogens (tertiary/aromatic N) is 1. The lowest BCUT2D eigenvalue weighted by Gasteiger charge is -2.05. The van der Waals surface area contributed by atoms with Crippen LogP contribution in [-0.2, 0) is 9.59 Å². The molecule has 1 aromatic rings. The van der Waals surface area contributed by atoms with Gasteiger partial charge in [-0.1, -0.05) is 13.8 Å². The van der Waals surface area contributed by atoms with Crippen molar-refractivity contribution in [1.29, 1.82) is 0 Å². The molecule has 2 rings (SSSR count). The molecule has 0 bridgehead atoms. The Hall–Kier alpha value is -1.91. The summed E-state index contributed by atoms with van der Waals surface area (Å²) in [5.74, 6) is -2.21. The number of aromatic nitrogens is 1. The van der Waals surface area contributed by atoms with Gasteiger partial charge in [0, 0.05) is 18.1 Å². The van der Waals surface area contributed by atoms with E-state index in [1.165, 1.54) is 0 Å². The van der Waals surface area contributed by atoms with Crippen molar-refractivity contribution in [2.75, 3.05) is 5.32 Å². The summed E-state index contributed by atoms with van der Waals surface area (Å²) in [6.45, 7) is 3.59. The standard InChI is InChI=1S/C12H14N2O3/c1-12(2)8(9(12)11(16)17)10(15)14-7-3-5-13-6-4-7/h3-6,8-9H,1-2H3,(H,16,17)(H,13,14,15). The van der Waals surface area contributed by atoms with Gasteiger partial charge < -0.3 is 10.4 Å². The van der Waals surface area contributed by atoms with Crippen molar-refractivity contribution in [3.63, 3.8) is 0 Å². The van der Waals surface area contributed by atoms with Crippen molar-refractivity contribution in [3.05, 3.63) is 24.5 Å². The van der Waals surface area contributed by atoms with Gasteiger partial charge in [0.1, 0.15) is 0 Å². The maximum absolute atomic E-state index is 11.9. The number of pyridine rings is 1. The molecule has 0 spiro atoms. The fourth-order valence-electron chi connectivity index (χ4n) is 2.24. The molecular formula is C12H14N2O3. The minimum atomic E-state index is -0.912. The average Bonchev–Trinajstić information content (AvgIpc) is 2.83. The zero-order valence-electron chi connectivity index (χ0n) is 9.68. The molecule has 0 aliphatic heterocycles. The smallest absolute Gasteiger partial charge is 0.307 e. The van der Waals surface area contributed by atoms with Crippen LogP contribution in [0.25, 0.3) is 0 Å². The Morgan fingerprint density at radius 3 is 2.35 bits per heavy atom. The van der Waals surface area contributed by atoms with Gasteiger partial charge in [-0.05, 0) is 17.5 Å². The number of rotatable bonds is 3. The highest BCUT2D eigenvalue weighted by Crippen LogP contribution is 2.58. The van der Waals surface area contributed by atoms with Crippen molar-refractivity contribution < 1.29 is 14.7 Å². The fourth-order valence-corrected chi connectivity index (χ4v) is 2.24. The van der Waals surface area contributed by atoms with E-state index in [1.807, 2.05) is 0 Å². The van der Waals surface area contributed by atoms with E-state index in [0.717, 1.165) is 0 Å². The average molecular weight is 234 g/mol. The first-order valence-electron chi connectivity index (χ1n) is 5.38. The van der Waals surface area contributed by atoms with Crippen LogP contribution in [0.15, 0.2) is 24.5 Å². The number of amides is 1. The maximum Gasteiger partial charge on any atom is 0.307 e. The number of hydrogen-bond acceptors (Lipinski definition) is 3. The number of anilines is 1. The van der Waals surface area contributed by atoms with Crippen LogP contribution in [0.4, 0.5) is 5.69 Å². The van der Waals surface area contributed by atoms with E-state index in [9.17, 15) is 9.59 Å². The molecule has 2 N–H and O–H groups in total. The van der Waals surface area contributed by atoms with Gasteiger partial charge in [0.05, 0.1) is 11.8 Å². The number of carbonyl (C=O) groups is 2. The Balaban J connectivity index is 2.06. The summed E-state index contributed by atoms with van der Waals surface area (Å²) < 4.78 is 0. The van der Waals surface area contributed by atoms with E-state index in [0.29, 0.717) is 5.69 Å². The highest BCUT2D eigenvalue weighted by atomic mass is 16.4. The third-order valence-electron chi connectivity index (χ3n) is 3.32. The topological polar surface area (TPSA) is 79.3 Å². The van der Waals surface area contributed by atoms with Crippen LogP contribution >= 0.6 is 0 Å². The zero-order valence-corrected chi connectivity index (χ0v) is 9.68. The third kappa shape index (κ3) is 2.00. The molecular weight excluding hydrogens is 220 g/mol. The van der Waals surface area contributed by atoms with Gasteiger partial charge in [-0.25, -0.2) is 0 Å². The zero-order chi connectivity index (χ0) is 12.6. The molecule has 0 aromatic carbocycles. The molecule has 2 unspecified atom stereocenters. The van der Waals surface area contributed by atoms with Crippen LogP contribution in [-0.4, -0.2) is 22.0 Å². The summed E-state index contributed by atoms with van der Waals surface area (Å²) in [6, 6.07) is 3.34. The lowest BCUT2D eigenvalue weighted by molar-refractivity contribution is -0.140. The Morgan fingerprint density at radius 1 is 1.29 bits per heavy atom. The van der Waals surface area contributed by atoms with Gasteiger partial charge in [-0.3, -0.25) is 14.6 Å². The first kappa shape index (κ1) is 11.6. The molecule has 1 amide bonds. The van der Waals surface area contributed by atoms with Crippen LogP contribution in [0, 0.1) is 17.3 Å². The van der Waals surface area contributed by atoms with Crippen LogP contribution in [0.5, 0.6) is 0 Å². The number of aliphatic carboxylic acids is 1. The SMILES string of the molecule is CC1(C)C(C(=O)O)C1C(=O)Nc1ccncc1. The summed E-state index contributed by atoms with van der Waals surface area (Å²) >= 11 is 0. The Bertz CT molecular complexity index is 456. The molecule has 1 aromatic heterocycles. The predicted octanol–water partition coefficient (Wildman–Crippen LogP) is 1.38. The highest BCUT2D eigenvalue weighted by Gasteiger charge is 2.65. The predicted molar refractivity (Wildman–Crippen MR) is 61.3 cm³/mol. The molecule has 0 saturated heterocycles. The lowest BCUT2D eigenvalue weighted by Crippen LogP contribution is -2.17. The third-order valence-corrected chi connectivity index (χ3v) is 3.32. The van der Waals surface area contributed by atoms with Crippen LogP contribution < -0.4 is 5.32 Å². The number of nitrogens with one attached hydrogen (secondary N) is 1. The van der Waals surface area contributed by atoms with E-state index in [1.54, 1.807) is 38.4 Å². The first-order valence-corrected chi connectivity index (χ1v) is 5.38. The summed E-state index contributed by atoms with van der Waals surface area (Å²) in [4.78, 5) is 26.7. The molecule has 2 atom stereocenters. The lowest BCUT2D eigenvalue weighted by atomic mass is 10.1. The number of carboxylic acid groups (broad SMARTS) is 1. The van der Waals surface area contributed by atoms with Crippen molar-refractivity contribution in [2.45, 2.75) is 13.8 Å². The summed E-state index contributed by atoms with van der Waals surface area (Å²) in [7, 11) is 0. The van der Waals surface area contributed by atoms with Crippen LogP contribution in [0.1, 0.15) is 13.8 Å². The van der Waals surface area contributed by atoms with Crippen molar-refractivity contribution in [2.24, 2.45) is 17.3 Å². The molecule has 1 aliphatic carbocycles. The van der Waals surface area contributed by atoms with Gasteiger partial charge in [-0.2, -0.15) is 0 Å². The second kappa shape index (κ2) is 3.84. The molecule has 5 heteroatoms. The van der Waals surface area contributed by atoms with Crippen molar-refractivity contribution in [1.82, 2.24) is 4.98 Å². The molecule has 5 nitrogen and oxygen atoms in total. The van der Waals surface area contributed by atoms with Gasteiger partial charge in [0.25, 0.3) is 0 Å². The monoisotopic (exact) mass is 234 g/mol. The van der Waals surface area contributed by atoms with Gasteiger partial charge in [-0.15, -0.1) is 0 Å². The van der Waals surface area contributed by atoms with Crippen molar-refractivity contribution >= 4 is 17.6 Å². The largest absolute Gasteiger partial charge is 0.481 e. The fraction of sp³-hybridized carbons (Fsp3) is 0.417. The molecule has 90 valence electrons. The molecule has 17 heavy (non-hydrogen) atoms. The van der Waals surface area contributed by atoms with E-state index < -0.39 is 23.2 Å². The van der Waals surface area contributed by atoms with E-state index >= 15 is 0 Å². The molecule has 1 aliphatic rings. The second-order valence-electron chi connectivity index (χ2n) is 4.84. The summed E-state index contributed by atoms with van der Waals surface area (Å²) in [6.07, 6.45) is 3.14. The minimum absolute atomic E-state index is 0.242. The maximum atomic E-state index is 11.9. The molecule has 0 radical (unpaired) electrons. The minimum Gasteiger partial charge on any atom is -0.481 e. The van der Waals surface area contributed by atoms with Crippen LogP contribution in [0.3, 0.4) is 0 Å². The van der Waals surface area contributed by atoms with E-state index in [2.05, 4.69) is 10.3 Å². The molecule has 1 fully saturated rings. The normalized spacial score (nSPS) is 25.1.